The minimum atomic E-state index is -0.267. The van der Waals surface area contributed by atoms with Crippen molar-refractivity contribution in [3.05, 3.63) is 59.7 Å². The van der Waals surface area contributed by atoms with E-state index in [1.165, 1.54) is 12.3 Å². The molecule has 0 unspecified atom stereocenters. The Hall–Kier alpha value is -2.47. The average Bonchev–Trinajstić information content (AvgIpc) is 2.54. The third-order valence-electron chi connectivity index (χ3n) is 3.03. The molecule has 2 aromatic rings. The third kappa shape index (κ3) is 4.53. The minimum absolute atomic E-state index is 0.223. The first kappa shape index (κ1) is 15.9. The summed E-state index contributed by atoms with van der Waals surface area (Å²) in [4.78, 5) is 15.9. The fourth-order valence-corrected chi connectivity index (χ4v) is 1.87. The summed E-state index contributed by atoms with van der Waals surface area (Å²) in [6, 6.07) is 8.21. The molecule has 22 heavy (non-hydrogen) atoms. The molecule has 0 saturated heterocycles. The van der Waals surface area contributed by atoms with Crippen LogP contribution in [-0.2, 0) is 11.3 Å². The second-order valence-corrected chi connectivity index (χ2v) is 4.66. The number of amides is 1. The SMILES string of the molecule is COCCNC(=O)c1cncc(NCc2ccccc2F)c1. The number of halogens is 1. The minimum Gasteiger partial charge on any atom is -0.383 e. The smallest absolute Gasteiger partial charge is 0.253 e. The summed E-state index contributed by atoms with van der Waals surface area (Å²) in [5, 5.41) is 5.78. The zero-order valence-corrected chi connectivity index (χ0v) is 12.3. The van der Waals surface area contributed by atoms with E-state index < -0.39 is 0 Å². The molecule has 0 bridgehead atoms. The molecule has 0 aliphatic rings. The number of anilines is 1. The second kappa shape index (κ2) is 8.09. The second-order valence-electron chi connectivity index (χ2n) is 4.66. The Morgan fingerprint density at radius 1 is 1.32 bits per heavy atom. The van der Waals surface area contributed by atoms with Gasteiger partial charge in [-0.1, -0.05) is 18.2 Å². The first-order valence-electron chi connectivity index (χ1n) is 6.90. The predicted molar refractivity (Wildman–Crippen MR) is 82.2 cm³/mol. The Morgan fingerprint density at radius 2 is 2.14 bits per heavy atom. The number of hydrogen-bond acceptors (Lipinski definition) is 4. The molecule has 5 nitrogen and oxygen atoms in total. The molecule has 116 valence electrons. The number of aromatic nitrogens is 1. The molecule has 2 N–H and O–H groups in total. The third-order valence-corrected chi connectivity index (χ3v) is 3.03. The number of carbonyl (C=O) groups excluding carboxylic acids is 1. The lowest BCUT2D eigenvalue weighted by Gasteiger charge is -2.09. The highest BCUT2D eigenvalue weighted by Crippen LogP contribution is 2.12. The van der Waals surface area contributed by atoms with Gasteiger partial charge in [0.2, 0.25) is 0 Å². The van der Waals surface area contributed by atoms with E-state index in [1.54, 1.807) is 37.6 Å². The average molecular weight is 303 g/mol. The molecule has 2 rings (SSSR count). The standard InChI is InChI=1S/C16H18FN3O2/c1-22-7-6-19-16(21)13-8-14(11-18-9-13)20-10-12-4-2-3-5-15(12)17/h2-5,8-9,11,20H,6-7,10H2,1H3,(H,19,21). The summed E-state index contributed by atoms with van der Waals surface area (Å²) >= 11 is 0. The van der Waals surface area contributed by atoms with Crippen LogP contribution in [0.3, 0.4) is 0 Å². The number of hydrogen-bond donors (Lipinski definition) is 2. The molecular formula is C16H18FN3O2. The molecule has 1 amide bonds. The molecule has 0 spiro atoms. The Kier molecular flexibility index (Phi) is 5.85. The van der Waals surface area contributed by atoms with Gasteiger partial charge in [0.05, 0.1) is 17.9 Å². The zero-order valence-electron chi connectivity index (χ0n) is 12.3. The van der Waals surface area contributed by atoms with Crippen molar-refractivity contribution in [2.75, 3.05) is 25.6 Å². The maximum atomic E-state index is 13.5. The van der Waals surface area contributed by atoms with Gasteiger partial charge in [-0.25, -0.2) is 4.39 Å². The maximum Gasteiger partial charge on any atom is 0.253 e. The first-order chi connectivity index (χ1) is 10.7. The van der Waals surface area contributed by atoms with E-state index in [-0.39, 0.29) is 11.7 Å². The highest BCUT2D eigenvalue weighted by Gasteiger charge is 2.07. The fraction of sp³-hybridized carbons (Fsp3) is 0.250. The lowest BCUT2D eigenvalue weighted by molar-refractivity contribution is 0.0937. The Bertz CT molecular complexity index is 634. The van der Waals surface area contributed by atoms with Crippen molar-refractivity contribution in [2.24, 2.45) is 0 Å². The molecular weight excluding hydrogens is 285 g/mol. The maximum absolute atomic E-state index is 13.5. The van der Waals surface area contributed by atoms with Gasteiger partial charge in [0.15, 0.2) is 0 Å². The molecule has 6 heteroatoms. The summed E-state index contributed by atoms with van der Waals surface area (Å²) in [6.07, 6.45) is 3.07. The number of methoxy groups -OCH3 is 1. The van der Waals surface area contributed by atoms with E-state index in [0.29, 0.717) is 36.5 Å². The van der Waals surface area contributed by atoms with E-state index in [2.05, 4.69) is 15.6 Å². The molecule has 1 aromatic carbocycles. The summed E-state index contributed by atoms with van der Waals surface area (Å²) in [5.41, 5.74) is 1.65. The Morgan fingerprint density at radius 3 is 2.91 bits per heavy atom. The van der Waals surface area contributed by atoms with Gasteiger partial charge in [-0.05, 0) is 12.1 Å². The molecule has 0 saturated carbocycles. The lowest BCUT2D eigenvalue weighted by Crippen LogP contribution is -2.27. The van der Waals surface area contributed by atoms with Crippen LogP contribution in [0.5, 0.6) is 0 Å². The van der Waals surface area contributed by atoms with E-state index in [9.17, 15) is 9.18 Å². The van der Waals surface area contributed by atoms with Gasteiger partial charge in [-0.15, -0.1) is 0 Å². The molecule has 0 fully saturated rings. The Labute approximate surface area is 128 Å². The number of nitrogens with zero attached hydrogens (tertiary/aromatic N) is 1. The molecule has 1 heterocycles. The summed E-state index contributed by atoms with van der Waals surface area (Å²) in [7, 11) is 1.57. The van der Waals surface area contributed by atoms with Crippen LogP contribution in [0, 0.1) is 5.82 Å². The number of rotatable bonds is 7. The summed E-state index contributed by atoms with van der Waals surface area (Å²) < 4.78 is 18.4. The van der Waals surface area contributed by atoms with Crippen molar-refractivity contribution in [2.45, 2.75) is 6.54 Å². The molecule has 0 aliphatic carbocycles. The van der Waals surface area contributed by atoms with Gasteiger partial charge in [0, 0.05) is 38.2 Å². The van der Waals surface area contributed by atoms with Gasteiger partial charge < -0.3 is 15.4 Å². The van der Waals surface area contributed by atoms with Crippen LogP contribution in [0.2, 0.25) is 0 Å². The molecule has 0 atom stereocenters. The first-order valence-corrected chi connectivity index (χ1v) is 6.90. The zero-order chi connectivity index (χ0) is 15.8. The van der Waals surface area contributed by atoms with Gasteiger partial charge in [-0.3, -0.25) is 9.78 Å². The largest absolute Gasteiger partial charge is 0.383 e. The quantitative estimate of drug-likeness (QED) is 0.770. The van der Waals surface area contributed by atoms with E-state index in [1.807, 2.05) is 0 Å². The number of benzene rings is 1. The van der Waals surface area contributed by atoms with E-state index in [0.717, 1.165) is 0 Å². The molecule has 0 radical (unpaired) electrons. The van der Waals surface area contributed by atoms with Crippen LogP contribution < -0.4 is 10.6 Å². The van der Waals surface area contributed by atoms with E-state index in [4.69, 9.17) is 4.74 Å². The molecule has 0 aliphatic heterocycles. The Balaban J connectivity index is 1.96. The van der Waals surface area contributed by atoms with Crippen molar-refractivity contribution >= 4 is 11.6 Å². The predicted octanol–water partition coefficient (Wildman–Crippen LogP) is 2.21. The van der Waals surface area contributed by atoms with Crippen molar-refractivity contribution in [3.8, 4) is 0 Å². The van der Waals surface area contributed by atoms with Gasteiger partial charge in [0.25, 0.3) is 5.91 Å². The van der Waals surface area contributed by atoms with Crippen LogP contribution in [0.4, 0.5) is 10.1 Å². The van der Waals surface area contributed by atoms with Crippen LogP contribution in [-0.4, -0.2) is 31.2 Å². The number of ether oxygens (including phenoxy) is 1. The highest BCUT2D eigenvalue weighted by molar-refractivity contribution is 5.94. The van der Waals surface area contributed by atoms with Crippen LogP contribution in [0.1, 0.15) is 15.9 Å². The summed E-state index contributed by atoms with van der Waals surface area (Å²) in [6.45, 7) is 1.20. The number of pyridine rings is 1. The highest BCUT2D eigenvalue weighted by atomic mass is 19.1. The number of carbonyl (C=O) groups is 1. The van der Waals surface area contributed by atoms with Crippen molar-refractivity contribution < 1.29 is 13.9 Å². The van der Waals surface area contributed by atoms with Crippen molar-refractivity contribution in [3.63, 3.8) is 0 Å². The van der Waals surface area contributed by atoms with Crippen molar-refractivity contribution in [1.29, 1.82) is 0 Å². The van der Waals surface area contributed by atoms with Gasteiger partial charge in [-0.2, -0.15) is 0 Å². The monoisotopic (exact) mass is 303 g/mol. The van der Waals surface area contributed by atoms with Crippen LogP contribution >= 0.6 is 0 Å². The topological polar surface area (TPSA) is 63.2 Å². The lowest BCUT2D eigenvalue weighted by atomic mass is 10.2. The number of nitrogens with one attached hydrogen (secondary N) is 2. The summed E-state index contributed by atoms with van der Waals surface area (Å²) in [5.74, 6) is -0.490. The van der Waals surface area contributed by atoms with Crippen molar-refractivity contribution in [1.82, 2.24) is 10.3 Å². The normalized spacial score (nSPS) is 10.3. The fourth-order valence-electron chi connectivity index (χ4n) is 1.87. The van der Waals surface area contributed by atoms with E-state index >= 15 is 0 Å². The van der Waals surface area contributed by atoms with Gasteiger partial charge >= 0.3 is 0 Å². The molecule has 1 aromatic heterocycles. The van der Waals surface area contributed by atoms with Gasteiger partial charge in [0.1, 0.15) is 5.82 Å². The van der Waals surface area contributed by atoms with Crippen LogP contribution in [0.25, 0.3) is 0 Å². The van der Waals surface area contributed by atoms with Crippen LogP contribution in [0.15, 0.2) is 42.7 Å².